The van der Waals surface area contributed by atoms with Crippen LogP contribution in [0.15, 0.2) is 0 Å². The first-order valence-electron chi connectivity index (χ1n) is 7.09. The summed E-state index contributed by atoms with van der Waals surface area (Å²) in [5.74, 6) is 6.97. The molecule has 112 valence electrons. The normalized spacial score (nSPS) is 21.4. The largest absolute Gasteiger partial charge is 0.351 e. The van der Waals surface area contributed by atoms with Crippen LogP contribution < -0.4 is 21.5 Å². The van der Waals surface area contributed by atoms with Crippen molar-refractivity contribution in [2.45, 2.75) is 45.6 Å². The van der Waals surface area contributed by atoms with Crippen molar-refractivity contribution in [3.05, 3.63) is 0 Å². The molecule has 0 saturated heterocycles. The van der Waals surface area contributed by atoms with E-state index < -0.39 is 0 Å². The summed E-state index contributed by atoms with van der Waals surface area (Å²) in [6, 6.07) is 0.374. The van der Waals surface area contributed by atoms with Crippen LogP contribution in [-0.4, -0.2) is 35.1 Å². The lowest BCUT2D eigenvalue weighted by atomic mass is 9.73. The molecule has 0 spiro atoms. The number of hydrazine groups is 1. The first-order valence-corrected chi connectivity index (χ1v) is 7.09. The van der Waals surface area contributed by atoms with Gasteiger partial charge in [-0.25, -0.2) is 5.84 Å². The molecule has 0 aromatic carbocycles. The first kappa shape index (κ1) is 14.8. The Bertz CT molecular complexity index is 458. The lowest BCUT2D eigenvalue weighted by Crippen LogP contribution is -2.39. The molecule has 2 rings (SSSR count). The van der Waals surface area contributed by atoms with E-state index in [1.54, 1.807) is 0 Å². The number of anilines is 3. The quantitative estimate of drug-likeness (QED) is 0.569. The van der Waals surface area contributed by atoms with Crippen LogP contribution in [0, 0.1) is 5.41 Å². The van der Waals surface area contributed by atoms with E-state index in [2.05, 4.69) is 39.5 Å². The minimum Gasteiger partial charge on any atom is -0.351 e. The summed E-state index contributed by atoms with van der Waals surface area (Å²) in [6.07, 6.45) is 4.90. The molecule has 0 radical (unpaired) electrons. The van der Waals surface area contributed by atoms with Gasteiger partial charge in [-0.2, -0.15) is 15.0 Å². The fourth-order valence-electron chi connectivity index (χ4n) is 2.61. The average Bonchev–Trinajstić information content (AvgIpc) is 2.40. The number of aromatic nitrogens is 3. The molecule has 1 unspecified atom stereocenters. The standard InChI is InChI=1S/C13H25N7/c1-13(2)8-6-5-7-9(13)15-10-16-11(19-14)18-12(17-10)20(3)4/h9H,5-8,14H2,1-4H3,(H2,15,16,17,18,19). The maximum atomic E-state index is 5.43. The Labute approximate surface area is 120 Å². The summed E-state index contributed by atoms with van der Waals surface area (Å²) in [5.41, 5.74) is 2.74. The van der Waals surface area contributed by atoms with E-state index >= 15 is 0 Å². The molecule has 1 aliphatic carbocycles. The molecular formula is C13H25N7. The van der Waals surface area contributed by atoms with Gasteiger partial charge in [-0.3, -0.25) is 5.43 Å². The first-order chi connectivity index (χ1) is 9.42. The van der Waals surface area contributed by atoms with Crippen LogP contribution in [0.5, 0.6) is 0 Å². The molecule has 20 heavy (non-hydrogen) atoms. The van der Waals surface area contributed by atoms with E-state index in [1.165, 1.54) is 19.3 Å². The maximum Gasteiger partial charge on any atom is 0.243 e. The highest BCUT2D eigenvalue weighted by molar-refractivity contribution is 5.43. The maximum absolute atomic E-state index is 5.43. The lowest BCUT2D eigenvalue weighted by molar-refractivity contribution is 0.216. The summed E-state index contributed by atoms with van der Waals surface area (Å²) in [5, 5.41) is 3.46. The van der Waals surface area contributed by atoms with Crippen LogP contribution >= 0.6 is 0 Å². The van der Waals surface area contributed by atoms with Gasteiger partial charge < -0.3 is 10.2 Å². The van der Waals surface area contributed by atoms with Crippen molar-refractivity contribution in [3.8, 4) is 0 Å². The summed E-state index contributed by atoms with van der Waals surface area (Å²) >= 11 is 0. The molecule has 0 amide bonds. The van der Waals surface area contributed by atoms with Crippen LogP contribution in [0.3, 0.4) is 0 Å². The van der Waals surface area contributed by atoms with Gasteiger partial charge in [0.15, 0.2) is 0 Å². The van der Waals surface area contributed by atoms with E-state index in [4.69, 9.17) is 5.84 Å². The van der Waals surface area contributed by atoms with Crippen LogP contribution in [0.1, 0.15) is 39.5 Å². The minimum atomic E-state index is 0.249. The molecule has 1 fully saturated rings. The molecule has 4 N–H and O–H groups in total. The number of nitrogens with one attached hydrogen (secondary N) is 2. The van der Waals surface area contributed by atoms with Gasteiger partial charge in [0.2, 0.25) is 17.8 Å². The fraction of sp³-hybridized carbons (Fsp3) is 0.769. The van der Waals surface area contributed by atoms with Crippen molar-refractivity contribution in [1.82, 2.24) is 15.0 Å². The van der Waals surface area contributed by atoms with Gasteiger partial charge in [0, 0.05) is 20.1 Å². The molecule has 1 heterocycles. The zero-order valence-electron chi connectivity index (χ0n) is 12.8. The third kappa shape index (κ3) is 3.27. The van der Waals surface area contributed by atoms with Crippen molar-refractivity contribution < 1.29 is 0 Å². The molecule has 0 bridgehead atoms. The van der Waals surface area contributed by atoms with Gasteiger partial charge in [0.05, 0.1) is 0 Å². The Kier molecular flexibility index (Phi) is 4.27. The van der Waals surface area contributed by atoms with E-state index in [9.17, 15) is 0 Å². The highest BCUT2D eigenvalue weighted by Gasteiger charge is 2.32. The fourth-order valence-corrected chi connectivity index (χ4v) is 2.61. The highest BCUT2D eigenvalue weighted by atomic mass is 15.4. The topological polar surface area (TPSA) is 92.0 Å². The monoisotopic (exact) mass is 279 g/mol. The zero-order valence-corrected chi connectivity index (χ0v) is 12.8. The van der Waals surface area contributed by atoms with Crippen LogP contribution in [0.25, 0.3) is 0 Å². The van der Waals surface area contributed by atoms with E-state index in [-0.39, 0.29) is 5.41 Å². The summed E-state index contributed by atoms with van der Waals surface area (Å²) in [7, 11) is 3.79. The van der Waals surface area contributed by atoms with E-state index in [0.29, 0.717) is 23.9 Å². The number of nitrogens with zero attached hydrogens (tertiary/aromatic N) is 4. The Hall–Kier alpha value is -1.63. The number of rotatable bonds is 4. The second-order valence-electron chi connectivity index (χ2n) is 6.25. The van der Waals surface area contributed by atoms with Gasteiger partial charge in [0.25, 0.3) is 0 Å². The Morgan fingerprint density at radius 2 is 1.85 bits per heavy atom. The average molecular weight is 279 g/mol. The van der Waals surface area contributed by atoms with Crippen molar-refractivity contribution in [3.63, 3.8) is 0 Å². The predicted octanol–water partition coefficient (Wildman–Crippen LogP) is 1.60. The summed E-state index contributed by atoms with van der Waals surface area (Å²) < 4.78 is 0. The summed E-state index contributed by atoms with van der Waals surface area (Å²) in [6.45, 7) is 4.58. The number of nitrogens with two attached hydrogens (primary N) is 1. The van der Waals surface area contributed by atoms with Crippen molar-refractivity contribution in [2.75, 3.05) is 29.7 Å². The molecule has 1 aromatic rings. The molecule has 0 aliphatic heterocycles. The molecule has 7 heteroatoms. The van der Waals surface area contributed by atoms with Gasteiger partial charge in [0.1, 0.15) is 0 Å². The SMILES string of the molecule is CN(C)c1nc(NN)nc(NC2CCCCC2(C)C)n1. The molecule has 7 nitrogen and oxygen atoms in total. The third-order valence-electron chi connectivity index (χ3n) is 3.96. The van der Waals surface area contributed by atoms with Gasteiger partial charge in [-0.05, 0) is 18.3 Å². The smallest absolute Gasteiger partial charge is 0.243 e. The van der Waals surface area contributed by atoms with Crippen molar-refractivity contribution in [2.24, 2.45) is 11.3 Å². The molecule has 1 saturated carbocycles. The number of hydrogen-bond acceptors (Lipinski definition) is 7. The van der Waals surface area contributed by atoms with Gasteiger partial charge in [-0.1, -0.05) is 26.7 Å². The molecular weight excluding hydrogens is 254 g/mol. The van der Waals surface area contributed by atoms with Gasteiger partial charge in [-0.15, -0.1) is 0 Å². The lowest BCUT2D eigenvalue weighted by Gasteiger charge is -2.39. The van der Waals surface area contributed by atoms with Crippen molar-refractivity contribution in [1.29, 1.82) is 0 Å². The van der Waals surface area contributed by atoms with Crippen LogP contribution in [-0.2, 0) is 0 Å². The third-order valence-corrected chi connectivity index (χ3v) is 3.96. The summed E-state index contributed by atoms with van der Waals surface area (Å²) in [4.78, 5) is 14.8. The number of nitrogen functional groups attached to an aromatic ring is 1. The van der Waals surface area contributed by atoms with Crippen LogP contribution in [0.2, 0.25) is 0 Å². The molecule has 1 atom stereocenters. The van der Waals surface area contributed by atoms with Crippen molar-refractivity contribution >= 4 is 17.8 Å². The Morgan fingerprint density at radius 3 is 2.45 bits per heavy atom. The highest BCUT2D eigenvalue weighted by Crippen LogP contribution is 2.36. The Morgan fingerprint density at radius 1 is 1.15 bits per heavy atom. The minimum absolute atomic E-state index is 0.249. The van der Waals surface area contributed by atoms with Crippen LogP contribution in [0.4, 0.5) is 17.8 Å². The second kappa shape index (κ2) is 5.78. The number of hydrogen-bond donors (Lipinski definition) is 3. The Balaban J connectivity index is 2.21. The van der Waals surface area contributed by atoms with E-state index in [0.717, 1.165) is 6.42 Å². The van der Waals surface area contributed by atoms with Gasteiger partial charge >= 0.3 is 0 Å². The van der Waals surface area contributed by atoms with E-state index in [1.807, 2.05) is 19.0 Å². The molecule has 1 aromatic heterocycles. The zero-order chi connectivity index (χ0) is 14.8. The molecule has 1 aliphatic rings. The second-order valence-corrected chi connectivity index (χ2v) is 6.25. The predicted molar refractivity (Wildman–Crippen MR) is 81.6 cm³/mol.